The SMILES string of the molecule is Cc1ccccc1C#Cc1ccc(OC(F)(F)F)c(C(=O)N[C@@](C)(CO)Cc2c[nH]c3ccccc23)c1. The fourth-order valence-corrected chi connectivity index (χ4v) is 4.03. The fourth-order valence-electron chi connectivity index (χ4n) is 4.03. The molecule has 0 saturated heterocycles. The summed E-state index contributed by atoms with van der Waals surface area (Å²) in [5.74, 6) is 4.40. The molecule has 4 aromatic rings. The Labute approximate surface area is 212 Å². The van der Waals surface area contributed by atoms with Gasteiger partial charge in [0.15, 0.2) is 0 Å². The number of para-hydroxylation sites is 1. The number of H-pyrrole nitrogens is 1. The molecule has 0 aliphatic heterocycles. The smallest absolute Gasteiger partial charge is 0.405 e. The fraction of sp³-hybridized carbons (Fsp3) is 0.207. The maximum Gasteiger partial charge on any atom is 0.573 e. The zero-order valence-electron chi connectivity index (χ0n) is 20.2. The van der Waals surface area contributed by atoms with Crippen LogP contribution in [0.3, 0.4) is 0 Å². The summed E-state index contributed by atoms with van der Waals surface area (Å²) in [5.41, 5.74) is 2.27. The summed E-state index contributed by atoms with van der Waals surface area (Å²) in [4.78, 5) is 16.4. The van der Waals surface area contributed by atoms with Crippen molar-refractivity contribution in [3.05, 3.63) is 101 Å². The first kappa shape index (κ1) is 25.9. The highest BCUT2D eigenvalue weighted by atomic mass is 19.4. The van der Waals surface area contributed by atoms with Gasteiger partial charge in [-0.25, -0.2) is 0 Å². The van der Waals surface area contributed by atoms with Gasteiger partial charge in [0.1, 0.15) is 5.75 Å². The van der Waals surface area contributed by atoms with Crippen molar-refractivity contribution < 1.29 is 27.8 Å². The summed E-state index contributed by atoms with van der Waals surface area (Å²) >= 11 is 0. The van der Waals surface area contributed by atoms with Crippen molar-refractivity contribution >= 4 is 16.8 Å². The summed E-state index contributed by atoms with van der Waals surface area (Å²) < 4.78 is 43.4. The number of fused-ring (bicyclic) bond motifs is 1. The third-order valence-corrected chi connectivity index (χ3v) is 5.96. The summed E-state index contributed by atoms with van der Waals surface area (Å²) in [6.45, 7) is 3.08. The van der Waals surface area contributed by atoms with E-state index in [2.05, 4.69) is 26.9 Å². The predicted molar refractivity (Wildman–Crippen MR) is 135 cm³/mol. The average Bonchev–Trinajstić information content (AvgIpc) is 3.25. The molecule has 1 amide bonds. The molecular weight excluding hydrogens is 481 g/mol. The van der Waals surface area contributed by atoms with Crippen molar-refractivity contribution in [1.82, 2.24) is 10.3 Å². The number of carbonyl (C=O) groups is 1. The van der Waals surface area contributed by atoms with Crippen LogP contribution in [0.4, 0.5) is 13.2 Å². The van der Waals surface area contributed by atoms with E-state index in [1.54, 1.807) is 13.1 Å². The molecule has 5 nitrogen and oxygen atoms in total. The molecule has 0 aliphatic rings. The number of aliphatic hydroxyl groups is 1. The Balaban J connectivity index is 1.65. The first-order valence-corrected chi connectivity index (χ1v) is 11.5. The molecule has 0 aliphatic carbocycles. The lowest BCUT2D eigenvalue weighted by Crippen LogP contribution is -2.50. The number of carbonyl (C=O) groups excluding carboxylic acids is 1. The van der Waals surface area contributed by atoms with Gasteiger partial charge in [-0.15, -0.1) is 13.2 Å². The minimum absolute atomic E-state index is 0.238. The van der Waals surface area contributed by atoms with Gasteiger partial charge in [-0.2, -0.15) is 0 Å². The number of benzene rings is 3. The Kier molecular flexibility index (Phi) is 7.28. The van der Waals surface area contributed by atoms with Crippen LogP contribution in [0.2, 0.25) is 0 Å². The van der Waals surface area contributed by atoms with Crippen molar-refractivity contribution in [1.29, 1.82) is 0 Å². The minimum Gasteiger partial charge on any atom is -0.405 e. The van der Waals surface area contributed by atoms with Crippen LogP contribution in [0, 0.1) is 18.8 Å². The summed E-state index contributed by atoms with van der Waals surface area (Å²) in [7, 11) is 0. The van der Waals surface area contributed by atoms with Crippen LogP contribution in [0.5, 0.6) is 5.75 Å². The van der Waals surface area contributed by atoms with E-state index in [-0.39, 0.29) is 12.0 Å². The van der Waals surface area contributed by atoms with Gasteiger partial charge in [0.25, 0.3) is 5.91 Å². The number of rotatable bonds is 6. The highest BCUT2D eigenvalue weighted by Gasteiger charge is 2.34. The van der Waals surface area contributed by atoms with Crippen LogP contribution in [0.1, 0.15) is 39.5 Å². The number of hydrogen-bond donors (Lipinski definition) is 3. The number of halogens is 3. The quantitative estimate of drug-likeness (QED) is 0.303. The van der Waals surface area contributed by atoms with Crippen LogP contribution in [-0.4, -0.2) is 34.5 Å². The van der Waals surface area contributed by atoms with Crippen molar-refractivity contribution in [2.45, 2.75) is 32.2 Å². The average molecular weight is 507 g/mol. The second-order valence-corrected chi connectivity index (χ2v) is 9.03. The highest BCUT2D eigenvalue weighted by molar-refractivity contribution is 5.98. The second kappa shape index (κ2) is 10.4. The number of nitrogens with one attached hydrogen (secondary N) is 2. The van der Waals surface area contributed by atoms with Gasteiger partial charge in [-0.05, 0) is 61.7 Å². The number of aliphatic hydroxyl groups excluding tert-OH is 1. The molecule has 0 unspecified atom stereocenters. The zero-order chi connectivity index (χ0) is 26.6. The molecule has 8 heteroatoms. The molecule has 3 N–H and O–H groups in total. The second-order valence-electron chi connectivity index (χ2n) is 9.03. The highest BCUT2D eigenvalue weighted by Crippen LogP contribution is 2.29. The molecule has 0 saturated carbocycles. The van der Waals surface area contributed by atoms with E-state index in [1.807, 2.05) is 55.5 Å². The number of aromatic nitrogens is 1. The first-order valence-electron chi connectivity index (χ1n) is 11.5. The maximum atomic E-state index is 13.3. The summed E-state index contributed by atoms with van der Waals surface area (Å²) in [5, 5.41) is 13.8. The van der Waals surface area contributed by atoms with Gasteiger partial charge in [-0.3, -0.25) is 4.79 Å². The lowest BCUT2D eigenvalue weighted by molar-refractivity contribution is -0.274. The Bertz CT molecular complexity index is 1500. The molecule has 0 bridgehead atoms. The van der Waals surface area contributed by atoms with E-state index >= 15 is 0 Å². The van der Waals surface area contributed by atoms with E-state index < -0.39 is 30.2 Å². The Morgan fingerprint density at radius 3 is 2.51 bits per heavy atom. The van der Waals surface area contributed by atoms with Crippen LogP contribution in [0.15, 0.2) is 72.9 Å². The molecule has 37 heavy (non-hydrogen) atoms. The van der Waals surface area contributed by atoms with Crippen LogP contribution < -0.4 is 10.1 Å². The van der Waals surface area contributed by atoms with Crippen molar-refractivity contribution in [3.63, 3.8) is 0 Å². The summed E-state index contributed by atoms with van der Waals surface area (Å²) in [6, 6.07) is 18.7. The van der Waals surface area contributed by atoms with Crippen molar-refractivity contribution in [2.75, 3.05) is 6.61 Å². The predicted octanol–water partition coefficient (Wildman–Crippen LogP) is 5.50. The monoisotopic (exact) mass is 506 g/mol. The maximum absolute atomic E-state index is 13.3. The molecule has 1 heterocycles. The number of hydrogen-bond acceptors (Lipinski definition) is 3. The van der Waals surface area contributed by atoms with Gasteiger partial charge >= 0.3 is 6.36 Å². The summed E-state index contributed by atoms with van der Waals surface area (Å²) in [6.07, 6.45) is -2.97. The molecule has 4 rings (SSSR count). The zero-order valence-corrected chi connectivity index (χ0v) is 20.2. The normalized spacial score (nSPS) is 12.9. The first-order chi connectivity index (χ1) is 17.6. The Morgan fingerprint density at radius 2 is 1.78 bits per heavy atom. The van der Waals surface area contributed by atoms with Gasteiger partial charge in [0.2, 0.25) is 0 Å². The molecule has 190 valence electrons. The topological polar surface area (TPSA) is 74.3 Å². The van der Waals surface area contributed by atoms with Crippen LogP contribution in [0.25, 0.3) is 10.9 Å². The molecule has 1 aromatic heterocycles. The number of ether oxygens (including phenoxy) is 1. The number of alkyl halides is 3. The Morgan fingerprint density at radius 1 is 1.05 bits per heavy atom. The number of amides is 1. The largest absolute Gasteiger partial charge is 0.573 e. The molecule has 0 spiro atoms. The molecule has 0 radical (unpaired) electrons. The molecule has 0 fully saturated rings. The lowest BCUT2D eigenvalue weighted by atomic mass is 9.92. The number of aromatic amines is 1. The third kappa shape index (κ3) is 6.32. The van der Waals surface area contributed by atoms with E-state index in [1.165, 1.54) is 12.1 Å². The standard InChI is InChI=1S/C29H25F3N2O3/c1-19-7-3-4-8-21(19)13-11-20-12-14-26(37-29(30,31)32)24(15-20)27(36)34-28(2,18-35)16-22-17-33-25-10-6-5-9-23(22)25/h3-10,12,14-15,17,33,35H,16,18H2,1-2H3,(H,34,36)/t28-/m1/s1. The molecular formula is C29H25F3N2O3. The van der Waals surface area contributed by atoms with Crippen molar-refractivity contribution in [3.8, 4) is 17.6 Å². The van der Waals surface area contributed by atoms with Crippen LogP contribution in [-0.2, 0) is 6.42 Å². The lowest BCUT2D eigenvalue weighted by Gasteiger charge is -2.29. The van der Waals surface area contributed by atoms with E-state index in [9.17, 15) is 23.1 Å². The molecule has 3 aromatic carbocycles. The number of aryl methyl sites for hydroxylation is 1. The van der Waals surface area contributed by atoms with E-state index in [0.29, 0.717) is 5.56 Å². The van der Waals surface area contributed by atoms with E-state index in [4.69, 9.17) is 0 Å². The van der Waals surface area contributed by atoms with Gasteiger partial charge < -0.3 is 20.1 Å². The minimum atomic E-state index is -4.99. The van der Waals surface area contributed by atoms with Crippen LogP contribution >= 0.6 is 0 Å². The third-order valence-electron chi connectivity index (χ3n) is 5.96. The van der Waals surface area contributed by atoms with Gasteiger partial charge in [0, 0.05) is 28.2 Å². The van der Waals surface area contributed by atoms with Crippen molar-refractivity contribution in [2.24, 2.45) is 0 Å². The van der Waals surface area contributed by atoms with Gasteiger partial charge in [0.05, 0.1) is 17.7 Å². The van der Waals surface area contributed by atoms with E-state index in [0.717, 1.165) is 33.7 Å². The van der Waals surface area contributed by atoms with Gasteiger partial charge in [-0.1, -0.05) is 48.2 Å². The Hall–Kier alpha value is -4.22. The molecule has 1 atom stereocenters.